The summed E-state index contributed by atoms with van der Waals surface area (Å²) in [5.41, 5.74) is 0.305. The zero-order chi connectivity index (χ0) is 19.8. The van der Waals surface area contributed by atoms with Crippen molar-refractivity contribution in [2.45, 2.75) is 25.3 Å². The number of hydrogen-bond donors (Lipinski definition) is 1. The van der Waals surface area contributed by atoms with Gasteiger partial charge in [-0.2, -0.15) is 13.2 Å². The maximum absolute atomic E-state index is 13.3. The lowest BCUT2D eigenvalue weighted by Crippen LogP contribution is -2.49. The molecule has 27 heavy (non-hydrogen) atoms. The van der Waals surface area contributed by atoms with E-state index in [9.17, 15) is 22.8 Å². The van der Waals surface area contributed by atoms with Gasteiger partial charge in [0.15, 0.2) is 0 Å². The highest BCUT2D eigenvalue weighted by Gasteiger charge is 2.61. The molecule has 0 radical (unpaired) electrons. The van der Waals surface area contributed by atoms with Crippen molar-refractivity contribution < 1.29 is 27.4 Å². The van der Waals surface area contributed by atoms with Crippen molar-refractivity contribution in [3.05, 3.63) is 46.4 Å². The Morgan fingerprint density at radius 2 is 1.81 bits per heavy atom. The molecule has 10 heteroatoms. The number of nitrogens with one attached hydrogen (secondary N) is 1. The minimum absolute atomic E-state index is 0.0957. The number of para-hydroxylation sites is 1. The summed E-state index contributed by atoms with van der Waals surface area (Å²) in [4.78, 5) is 25.0. The van der Waals surface area contributed by atoms with E-state index < -0.39 is 29.9 Å². The van der Waals surface area contributed by atoms with Crippen molar-refractivity contribution in [3.63, 3.8) is 0 Å². The molecule has 0 spiro atoms. The SMILES string of the molecule is Cc1c(NC(=O)CC2(C(F)(F)F)OCCO2)c(=O)n(-c2ccccc2)n1C. The van der Waals surface area contributed by atoms with E-state index in [1.807, 2.05) is 0 Å². The zero-order valence-corrected chi connectivity index (χ0v) is 14.7. The summed E-state index contributed by atoms with van der Waals surface area (Å²) in [6.07, 6.45) is -5.98. The molecule has 3 rings (SSSR count). The van der Waals surface area contributed by atoms with Gasteiger partial charge in [0.2, 0.25) is 5.91 Å². The van der Waals surface area contributed by atoms with Gasteiger partial charge in [-0.05, 0) is 19.1 Å². The van der Waals surface area contributed by atoms with Crippen LogP contribution in [-0.4, -0.2) is 40.4 Å². The van der Waals surface area contributed by atoms with Crippen molar-refractivity contribution in [3.8, 4) is 5.69 Å². The third kappa shape index (κ3) is 3.37. The number of rotatable bonds is 4. The summed E-state index contributed by atoms with van der Waals surface area (Å²) >= 11 is 0. The molecule has 1 aliphatic heterocycles. The smallest absolute Gasteiger partial charge is 0.340 e. The first kappa shape index (κ1) is 19.2. The largest absolute Gasteiger partial charge is 0.443 e. The molecule has 2 aromatic rings. The number of halogens is 3. The van der Waals surface area contributed by atoms with Crippen molar-refractivity contribution >= 4 is 11.6 Å². The molecular weight excluding hydrogens is 367 g/mol. The van der Waals surface area contributed by atoms with Crippen LogP contribution in [0.25, 0.3) is 5.69 Å². The minimum Gasteiger partial charge on any atom is -0.340 e. The Labute approximate surface area is 152 Å². The molecule has 1 amide bonds. The molecule has 0 bridgehead atoms. The van der Waals surface area contributed by atoms with E-state index in [1.54, 1.807) is 44.3 Å². The normalized spacial score (nSPS) is 16.5. The van der Waals surface area contributed by atoms with E-state index in [2.05, 4.69) is 14.8 Å². The molecule has 1 fully saturated rings. The molecule has 1 N–H and O–H groups in total. The molecule has 2 heterocycles. The summed E-state index contributed by atoms with van der Waals surface area (Å²) in [5, 5.41) is 2.28. The lowest BCUT2D eigenvalue weighted by molar-refractivity contribution is -0.342. The predicted octanol–water partition coefficient (Wildman–Crippen LogP) is 2.12. The van der Waals surface area contributed by atoms with Crippen LogP contribution in [0, 0.1) is 6.92 Å². The molecular formula is C17H18F3N3O4. The standard InChI is InChI=1S/C17H18F3N3O4/c1-11-14(15(25)23(22(11)2)12-6-4-3-5-7-12)21-13(24)10-16(17(18,19)20)26-8-9-27-16/h3-7H,8-10H2,1-2H3,(H,21,24). The monoisotopic (exact) mass is 385 g/mol. The highest BCUT2D eigenvalue weighted by atomic mass is 19.4. The Morgan fingerprint density at radius 3 is 2.37 bits per heavy atom. The summed E-state index contributed by atoms with van der Waals surface area (Å²) in [7, 11) is 1.61. The van der Waals surface area contributed by atoms with Crippen LogP contribution in [0.2, 0.25) is 0 Å². The molecule has 1 aliphatic rings. The minimum atomic E-state index is -4.88. The number of carbonyl (C=O) groups is 1. The number of hydrogen-bond acceptors (Lipinski definition) is 4. The molecule has 1 aromatic carbocycles. The fraction of sp³-hybridized carbons (Fsp3) is 0.412. The second-order valence-corrected chi connectivity index (χ2v) is 6.11. The maximum atomic E-state index is 13.3. The molecule has 7 nitrogen and oxygen atoms in total. The van der Waals surface area contributed by atoms with Gasteiger partial charge in [-0.1, -0.05) is 18.2 Å². The van der Waals surface area contributed by atoms with Gasteiger partial charge in [0, 0.05) is 7.05 Å². The predicted molar refractivity (Wildman–Crippen MR) is 89.7 cm³/mol. The highest BCUT2D eigenvalue weighted by Crippen LogP contribution is 2.40. The number of benzene rings is 1. The van der Waals surface area contributed by atoms with Crippen molar-refractivity contribution in [1.29, 1.82) is 0 Å². The molecule has 0 aliphatic carbocycles. The fourth-order valence-corrected chi connectivity index (χ4v) is 2.93. The van der Waals surface area contributed by atoms with Gasteiger partial charge < -0.3 is 14.8 Å². The summed E-state index contributed by atoms with van der Waals surface area (Å²) in [6, 6.07) is 8.66. The summed E-state index contributed by atoms with van der Waals surface area (Å²) < 4.78 is 52.0. The Bertz CT molecular complexity index is 897. The van der Waals surface area contributed by atoms with Crippen LogP contribution in [0.5, 0.6) is 0 Å². The van der Waals surface area contributed by atoms with E-state index in [0.29, 0.717) is 11.4 Å². The number of nitrogens with zero attached hydrogens (tertiary/aromatic N) is 2. The summed E-state index contributed by atoms with van der Waals surface area (Å²) in [5.74, 6) is -4.02. The van der Waals surface area contributed by atoms with Crippen LogP contribution < -0.4 is 10.9 Å². The van der Waals surface area contributed by atoms with E-state index in [0.717, 1.165) is 0 Å². The van der Waals surface area contributed by atoms with Crippen molar-refractivity contribution in [1.82, 2.24) is 9.36 Å². The Hall–Kier alpha value is -2.59. The van der Waals surface area contributed by atoms with Gasteiger partial charge in [-0.3, -0.25) is 14.3 Å². The number of amides is 1. The third-order valence-electron chi connectivity index (χ3n) is 4.40. The molecule has 0 unspecified atom stereocenters. The first-order valence-corrected chi connectivity index (χ1v) is 8.15. The lowest BCUT2D eigenvalue weighted by atomic mass is 10.1. The lowest BCUT2D eigenvalue weighted by Gasteiger charge is -2.28. The zero-order valence-electron chi connectivity index (χ0n) is 14.7. The Balaban J connectivity index is 1.88. The van der Waals surface area contributed by atoms with Crippen LogP contribution in [0.1, 0.15) is 12.1 Å². The highest BCUT2D eigenvalue weighted by molar-refractivity contribution is 5.91. The van der Waals surface area contributed by atoms with Gasteiger partial charge in [0.05, 0.1) is 31.0 Å². The van der Waals surface area contributed by atoms with Crippen LogP contribution >= 0.6 is 0 Å². The number of alkyl halides is 3. The molecule has 0 atom stereocenters. The molecule has 1 saturated heterocycles. The van der Waals surface area contributed by atoms with Crippen molar-refractivity contribution in [2.75, 3.05) is 18.5 Å². The second kappa shape index (κ2) is 6.86. The summed E-state index contributed by atoms with van der Waals surface area (Å²) in [6.45, 7) is 1.05. The van der Waals surface area contributed by atoms with Gasteiger partial charge in [-0.25, -0.2) is 4.68 Å². The number of aromatic nitrogens is 2. The van der Waals surface area contributed by atoms with E-state index in [-0.39, 0.29) is 18.9 Å². The fourth-order valence-electron chi connectivity index (χ4n) is 2.93. The van der Waals surface area contributed by atoms with Gasteiger partial charge in [-0.15, -0.1) is 0 Å². The van der Waals surface area contributed by atoms with Gasteiger partial charge in [0.1, 0.15) is 5.69 Å². The maximum Gasteiger partial charge on any atom is 0.443 e. The molecule has 1 aromatic heterocycles. The third-order valence-corrected chi connectivity index (χ3v) is 4.40. The van der Waals surface area contributed by atoms with E-state index >= 15 is 0 Å². The molecule has 0 saturated carbocycles. The van der Waals surface area contributed by atoms with Crippen LogP contribution in [0.4, 0.5) is 18.9 Å². The average molecular weight is 385 g/mol. The first-order chi connectivity index (χ1) is 12.7. The number of carbonyl (C=O) groups excluding carboxylic acids is 1. The number of anilines is 1. The van der Waals surface area contributed by atoms with Crippen molar-refractivity contribution in [2.24, 2.45) is 7.05 Å². The van der Waals surface area contributed by atoms with Crippen LogP contribution in [0.15, 0.2) is 35.1 Å². The van der Waals surface area contributed by atoms with Crippen LogP contribution in [0.3, 0.4) is 0 Å². The van der Waals surface area contributed by atoms with Gasteiger partial charge in [0.25, 0.3) is 11.3 Å². The average Bonchev–Trinajstić information content (AvgIpc) is 3.16. The Kier molecular flexibility index (Phi) is 4.87. The van der Waals surface area contributed by atoms with E-state index in [1.165, 1.54) is 9.36 Å². The quantitative estimate of drug-likeness (QED) is 0.875. The van der Waals surface area contributed by atoms with Crippen LogP contribution in [-0.2, 0) is 21.3 Å². The molecule has 146 valence electrons. The second-order valence-electron chi connectivity index (χ2n) is 6.11. The first-order valence-electron chi connectivity index (χ1n) is 8.15. The van der Waals surface area contributed by atoms with E-state index in [4.69, 9.17) is 0 Å². The number of ether oxygens (including phenoxy) is 2. The Morgan fingerprint density at radius 1 is 1.22 bits per heavy atom. The van der Waals surface area contributed by atoms with Gasteiger partial charge >= 0.3 is 6.18 Å². The topological polar surface area (TPSA) is 74.5 Å².